The van der Waals surface area contributed by atoms with Crippen molar-refractivity contribution in [1.29, 1.82) is 0 Å². The van der Waals surface area contributed by atoms with Crippen LogP contribution in [-0.4, -0.2) is 43.9 Å². The molecule has 0 radical (unpaired) electrons. The van der Waals surface area contributed by atoms with Gasteiger partial charge >= 0.3 is 11.9 Å². The Morgan fingerprint density at radius 3 is 1.02 bits per heavy atom. The lowest BCUT2D eigenvalue weighted by atomic mass is 9.65. The summed E-state index contributed by atoms with van der Waals surface area (Å²) < 4.78 is 0. The number of phenols is 2. The largest absolute Gasteiger partial charge is 0.508 e. The Balaban J connectivity index is 1.85. The monoisotopic (exact) mass is 576 g/mol. The SMILES string of the molecule is O=C(O)/C=C/C(=O)Cc1ccc(C(c2ccc(O)cc2)(c2ccc(O)cc2)c2ccc(CC(=O)/C=C/C(=O)O)cc2)cc1. The molecular formula is C35H28O8. The van der Waals surface area contributed by atoms with Crippen LogP contribution >= 0.6 is 0 Å². The van der Waals surface area contributed by atoms with Crippen LogP contribution in [0.15, 0.2) is 121 Å². The second kappa shape index (κ2) is 13.3. The smallest absolute Gasteiger partial charge is 0.328 e. The number of carboxylic acid groups (broad SMARTS) is 2. The van der Waals surface area contributed by atoms with Gasteiger partial charge in [0, 0.05) is 25.0 Å². The second-order valence-corrected chi connectivity index (χ2v) is 9.87. The van der Waals surface area contributed by atoms with Crippen LogP contribution in [0.4, 0.5) is 0 Å². The maximum absolute atomic E-state index is 12.3. The molecule has 0 spiro atoms. The van der Waals surface area contributed by atoms with Crippen molar-refractivity contribution in [3.63, 3.8) is 0 Å². The molecule has 0 saturated carbocycles. The van der Waals surface area contributed by atoms with Gasteiger partial charge in [-0.3, -0.25) is 9.59 Å². The number of benzene rings is 4. The highest BCUT2D eigenvalue weighted by Crippen LogP contribution is 2.46. The minimum Gasteiger partial charge on any atom is -0.508 e. The standard InChI is InChI=1S/C35H28O8/c36-29-13-9-27(10-14-29)35(28-11-15-30(37)16-12-28,25-5-1-23(2-6-25)21-31(38)17-19-33(40)41)26-7-3-24(4-8-26)22-32(39)18-20-34(42)43/h1-20,36-37H,21-22H2,(H,40,41)(H,42,43)/b19-17+,20-18+. The van der Waals surface area contributed by atoms with E-state index in [9.17, 15) is 29.4 Å². The van der Waals surface area contributed by atoms with Crippen molar-refractivity contribution in [2.75, 3.05) is 0 Å². The maximum atomic E-state index is 12.3. The van der Waals surface area contributed by atoms with Crippen molar-refractivity contribution in [2.45, 2.75) is 18.3 Å². The van der Waals surface area contributed by atoms with E-state index in [1.807, 2.05) is 24.3 Å². The quantitative estimate of drug-likeness (QED) is 0.136. The molecule has 8 heteroatoms. The Labute approximate surface area is 247 Å². The summed E-state index contributed by atoms with van der Waals surface area (Å²) in [5.74, 6) is -2.97. The summed E-state index contributed by atoms with van der Waals surface area (Å²) in [4.78, 5) is 46.1. The normalized spacial score (nSPS) is 11.5. The Kier molecular flexibility index (Phi) is 9.32. The number of rotatable bonds is 12. The molecule has 4 rings (SSSR count). The second-order valence-electron chi connectivity index (χ2n) is 9.87. The van der Waals surface area contributed by atoms with Crippen molar-refractivity contribution in [2.24, 2.45) is 0 Å². The van der Waals surface area contributed by atoms with Crippen molar-refractivity contribution in [3.8, 4) is 11.5 Å². The fourth-order valence-corrected chi connectivity index (χ4v) is 5.02. The van der Waals surface area contributed by atoms with Gasteiger partial charge in [0.15, 0.2) is 11.6 Å². The molecule has 0 aliphatic heterocycles. The van der Waals surface area contributed by atoms with Gasteiger partial charge in [-0.2, -0.15) is 0 Å². The van der Waals surface area contributed by atoms with E-state index in [2.05, 4.69) is 0 Å². The summed E-state index contributed by atoms with van der Waals surface area (Å²) in [7, 11) is 0. The first-order chi connectivity index (χ1) is 20.6. The van der Waals surface area contributed by atoms with Crippen LogP contribution in [0.2, 0.25) is 0 Å². The minimum atomic E-state index is -1.21. The summed E-state index contributed by atoms with van der Waals surface area (Å²) in [5.41, 5.74) is 3.56. The molecule has 0 atom stereocenters. The van der Waals surface area contributed by atoms with E-state index in [-0.39, 0.29) is 35.9 Å². The summed E-state index contributed by atoms with van der Waals surface area (Å²) in [6.45, 7) is 0. The minimum absolute atomic E-state index is 0.00846. The lowest BCUT2D eigenvalue weighted by Gasteiger charge is -2.37. The number of hydrogen-bond acceptors (Lipinski definition) is 6. The first-order valence-corrected chi connectivity index (χ1v) is 13.2. The van der Waals surface area contributed by atoms with Crippen molar-refractivity contribution >= 4 is 23.5 Å². The lowest BCUT2D eigenvalue weighted by molar-refractivity contribution is -0.132. The van der Waals surface area contributed by atoms with Gasteiger partial charge in [0.25, 0.3) is 0 Å². The predicted molar refractivity (Wildman–Crippen MR) is 159 cm³/mol. The van der Waals surface area contributed by atoms with Gasteiger partial charge < -0.3 is 20.4 Å². The Bertz CT molecular complexity index is 1550. The van der Waals surface area contributed by atoms with Gasteiger partial charge in [-0.1, -0.05) is 72.8 Å². The van der Waals surface area contributed by atoms with Gasteiger partial charge in [-0.05, 0) is 69.8 Å². The predicted octanol–water partition coefficient (Wildman–Crippen LogP) is 4.99. The van der Waals surface area contributed by atoms with Crippen LogP contribution in [0.1, 0.15) is 33.4 Å². The van der Waals surface area contributed by atoms with Crippen molar-refractivity contribution in [1.82, 2.24) is 0 Å². The fraction of sp³-hybridized carbons (Fsp3) is 0.0857. The number of aromatic hydroxyl groups is 2. The molecule has 0 fully saturated rings. The number of ketones is 2. The number of aliphatic carboxylic acids is 2. The van der Waals surface area contributed by atoms with E-state index >= 15 is 0 Å². The highest BCUT2D eigenvalue weighted by molar-refractivity contribution is 5.97. The Morgan fingerprint density at radius 2 is 0.744 bits per heavy atom. The average Bonchev–Trinajstić information content (AvgIpc) is 2.98. The fourth-order valence-electron chi connectivity index (χ4n) is 5.02. The summed E-state index contributed by atoms with van der Waals surface area (Å²) >= 11 is 0. The molecule has 4 N–H and O–H groups in total. The third-order valence-corrected chi connectivity index (χ3v) is 6.95. The molecule has 0 saturated heterocycles. The lowest BCUT2D eigenvalue weighted by Crippen LogP contribution is -2.31. The number of carboxylic acids is 2. The average molecular weight is 577 g/mol. The van der Waals surface area contributed by atoms with Gasteiger partial charge in [-0.15, -0.1) is 0 Å². The third-order valence-electron chi connectivity index (χ3n) is 6.95. The van der Waals surface area contributed by atoms with E-state index in [0.29, 0.717) is 11.1 Å². The summed E-state index contributed by atoms with van der Waals surface area (Å²) in [6, 6.07) is 28.1. The molecule has 0 amide bonds. The molecule has 0 unspecified atom stereocenters. The van der Waals surface area contributed by atoms with Crippen LogP contribution in [0, 0.1) is 0 Å². The molecule has 0 aliphatic rings. The number of hydrogen-bond donors (Lipinski definition) is 4. The van der Waals surface area contributed by atoms with Gasteiger partial charge in [-0.25, -0.2) is 9.59 Å². The Morgan fingerprint density at radius 1 is 0.465 bits per heavy atom. The third kappa shape index (κ3) is 7.31. The number of carbonyl (C=O) groups is 4. The van der Waals surface area contributed by atoms with Gasteiger partial charge in [0.1, 0.15) is 11.5 Å². The zero-order valence-corrected chi connectivity index (χ0v) is 22.9. The summed E-state index contributed by atoms with van der Waals surface area (Å²) in [5, 5.41) is 37.8. The van der Waals surface area contributed by atoms with E-state index in [4.69, 9.17) is 10.2 Å². The molecule has 4 aromatic carbocycles. The first-order valence-electron chi connectivity index (χ1n) is 13.2. The highest BCUT2D eigenvalue weighted by atomic mass is 16.4. The first kappa shape index (κ1) is 30.2. The van der Waals surface area contributed by atoms with E-state index in [1.165, 1.54) is 0 Å². The number of phenolic OH excluding ortho intramolecular Hbond substituents is 2. The van der Waals surface area contributed by atoms with E-state index in [0.717, 1.165) is 46.6 Å². The van der Waals surface area contributed by atoms with Crippen LogP contribution in [-0.2, 0) is 37.4 Å². The number of carbonyl (C=O) groups excluding carboxylic acids is 2. The molecule has 0 aliphatic carbocycles. The molecule has 0 bridgehead atoms. The van der Waals surface area contributed by atoms with E-state index in [1.54, 1.807) is 72.8 Å². The van der Waals surface area contributed by atoms with Crippen LogP contribution in [0.3, 0.4) is 0 Å². The van der Waals surface area contributed by atoms with Crippen LogP contribution in [0.25, 0.3) is 0 Å². The maximum Gasteiger partial charge on any atom is 0.328 e. The van der Waals surface area contributed by atoms with Crippen molar-refractivity contribution in [3.05, 3.63) is 155 Å². The molecule has 43 heavy (non-hydrogen) atoms. The topological polar surface area (TPSA) is 149 Å². The van der Waals surface area contributed by atoms with Crippen LogP contribution < -0.4 is 0 Å². The zero-order valence-electron chi connectivity index (χ0n) is 22.9. The van der Waals surface area contributed by atoms with Gasteiger partial charge in [0.05, 0.1) is 5.41 Å². The zero-order chi connectivity index (χ0) is 31.0. The van der Waals surface area contributed by atoms with Gasteiger partial charge in [0.2, 0.25) is 0 Å². The Hall–Kier alpha value is -5.76. The molecular weight excluding hydrogens is 548 g/mol. The molecule has 8 nitrogen and oxygen atoms in total. The van der Waals surface area contributed by atoms with Crippen molar-refractivity contribution < 1.29 is 39.6 Å². The highest BCUT2D eigenvalue weighted by Gasteiger charge is 2.38. The molecule has 216 valence electrons. The summed E-state index contributed by atoms with van der Waals surface area (Å²) in [6.07, 6.45) is 3.67. The molecule has 4 aromatic rings. The van der Waals surface area contributed by atoms with E-state index < -0.39 is 17.4 Å². The molecule has 0 aromatic heterocycles. The number of allylic oxidation sites excluding steroid dienone is 2. The van der Waals surface area contributed by atoms with Crippen LogP contribution in [0.5, 0.6) is 11.5 Å². The molecule has 0 heterocycles.